The number of amides is 1. The number of fused-ring (bicyclic) bond motifs is 1. The number of nitrogens with zero attached hydrogens (tertiary/aromatic N) is 6. The molecule has 1 aliphatic carbocycles. The Hall–Kier alpha value is -3.41. The van der Waals surface area contributed by atoms with Gasteiger partial charge in [0.05, 0.1) is 17.0 Å². The number of anilines is 2. The van der Waals surface area contributed by atoms with Crippen molar-refractivity contribution in [2.24, 2.45) is 11.8 Å². The second-order valence-corrected chi connectivity index (χ2v) is 12.9. The summed E-state index contributed by atoms with van der Waals surface area (Å²) in [6.07, 6.45) is -0.380. The fourth-order valence-corrected chi connectivity index (χ4v) is 7.24. The molecule has 4 heterocycles. The molecule has 0 bridgehead atoms. The summed E-state index contributed by atoms with van der Waals surface area (Å²) >= 11 is 0. The minimum atomic E-state index is -4.57. The SMILES string of the molecule is C=CC(=O)N1CCN(c2nc(OC[C@@H]3CCCN3C)nc3c2CC(C(C)C)[C@@H](c2nc(N)cc(C)c2C(F)(F)F)C3)[C@@H](C)C1. The van der Waals surface area contributed by atoms with E-state index in [0.717, 1.165) is 30.8 Å². The van der Waals surface area contributed by atoms with E-state index < -0.39 is 17.7 Å². The van der Waals surface area contributed by atoms with Gasteiger partial charge in [0.15, 0.2) is 0 Å². The van der Waals surface area contributed by atoms with Crippen LogP contribution < -0.4 is 15.4 Å². The Morgan fingerprint density at radius 3 is 2.57 bits per heavy atom. The van der Waals surface area contributed by atoms with Gasteiger partial charge < -0.3 is 25.2 Å². The fraction of sp³-hybridized carbons (Fsp3) is 0.625. The van der Waals surface area contributed by atoms with Crippen molar-refractivity contribution in [3.63, 3.8) is 0 Å². The number of rotatable bonds is 7. The maximum Gasteiger partial charge on any atom is 0.418 e. The molecular weight excluding hydrogens is 571 g/mol. The molecule has 1 unspecified atom stereocenters. The lowest BCUT2D eigenvalue weighted by Crippen LogP contribution is -2.54. The fourth-order valence-electron chi connectivity index (χ4n) is 7.24. The second-order valence-electron chi connectivity index (χ2n) is 12.9. The van der Waals surface area contributed by atoms with Gasteiger partial charge in [-0.05, 0) is 82.7 Å². The standard InChI is InChI=1S/C32H44F3N7O2/c1-7-27(43)41-11-12-42(20(5)16-41)30-24-14-22(18(2)3)23(29-28(32(33,34)35)19(4)13-26(36)38-29)15-25(24)37-31(39-30)44-17-21-9-8-10-40(21)6/h7,13,18,20-23H,1,8-12,14-17H2,2-6H3,(H2,36,38)/t20-,21-,22?,23-/m0/s1. The summed E-state index contributed by atoms with van der Waals surface area (Å²) in [5.74, 6) is 0.0559. The lowest BCUT2D eigenvalue weighted by molar-refractivity contribution is -0.139. The largest absolute Gasteiger partial charge is 0.462 e. The van der Waals surface area contributed by atoms with E-state index >= 15 is 0 Å². The van der Waals surface area contributed by atoms with E-state index in [4.69, 9.17) is 20.4 Å². The number of ether oxygens (including phenoxy) is 1. The molecule has 1 amide bonds. The second kappa shape index (κ2) is 12.5. The van der Waals surface area contributed by atoms with Crippen molar-refractivity contribution in [3.8, 4) is 6.01 Å². The molecule has 0 spiro atoms. The minimum absolute atomic E-state index is 0.0144. The molecule has 0 aromatic carbocycles. The normalized spacial score (nSPS) is 24.5. The molecule has 2 saturated heterocycles. The van der Waals surface area contributed by atoms with Crippen LogP contribution in [-0.4, -0.2) is 82.6 Å². The number of likely N-dealkylation sites (N-methyl/N-ethyl adjacent to an activating group) is 1. The van der Waals surface area contributed by atoms with Crippen LogP contribution in [0, 0.1) is 18.8 Å². The van der Waals surface area contributed by atoms with Gasteiger partial charge in [-0.1, -0.05) is 20.4 Å². The number of nitrogens with two attached hydrogens (primary N) is 1. The number of carbonyl (C=O) groups is 1. The van der Waals surface area contributed by atoms with Crippen LogP contribution in [-0.2, 0) is 23.8 Å². The van der Waals surface area contributed by atoms with Gasteiger partial charge in [0, 0.05) is 43.2 Å². The number of carbonyl (C=O) groups excluding carboxylic acids is 1. The number of aromatic nitrogens is 3. The Kier molecular flexibility index (Phi) is 9.11. The van der Waals surface area contributed by atoms with Crippen LogP contribution in [0.2, 0.25) is 0 Å². The van der Waals surface area contributed by atoms with Crippen LogP contribution >= 0.6 is 0 Å². The molecule has 5 rings (SSSR count). The quantitative estimate of drug-likeness (QED) is 0.450. The summed E-state index contributed by atoms with van der Waals surface area (Å²) in [5.41, 5.74) is 6.99. The van der Waals surface area contributed by atoms with Crippen LogP contribution in [0.25, 0.3) is 0 Å². The van der Waals surface area contributed by atoms with E-state index in [9.17, 15) is 18.0 Å². The summed E-state index contributed by atoms with van der Waals surface area (Å²) in [6.45, 7) is 14.2. The third kappa shape index (κ3) is 6.36. The molecule has 2 aromatic heterocycles. The Morgan fingerprint density at radius 1 is 1.20 bits per heavy atom. The Morgan fingerprint density at radius 2 is 1.95 bits per heavy atom. The van der Waals surface area contributed by atoms with Crippen molar-refractivity contribution >= 4 is 17.5 Å². The summed E-state index contributed by atoms with van der Waals surface area (Å²) in [4.78, 5) is 32.7. The number of piperazine rings is 1. The molecule has 3 aliphatic rings. The first-order chi connectivity index (χ1) is 20.8. The third-order valence-electron chi connectivity index (χ3n) is 9.64. The zero-order valence-corrected chi connectivity index (χ0v) is 26.3. The van der Waals surface area contributed by atoms with Crippen molar-refractivity contribution in [3.05, 3.63) is 46.8 Å². The van der Waals surface area contributed by atoms with Crippen molar-refractivity contribution < 1.29 is 22.7 Å². The summed E-state index contributed by atoms with van der Waals surface area (Å²) in [5, 5.41) is 0. The van der Waals surface area contributed by atoms with Crippen molar-refractivity contribution in [1.29, 1.82) is 0 Å². The summed E-state index contributed by atoms with van der Waals surface area (Å²) in [7, 11) is 2.07. The molecule has 0 radical (unpaired) electrons. The van der Waals surface area contributed by atoms with Crippen molar-refractivity contribution in [2.45, 2.75) is 77.6 Å². The number of aryl methyl sites for hydroxylation is 1. The first-order valence-corrected chi connectivity index (χ1v) is 15.5. The molecule has 2 fully saturated rings. The molecule has 240 valence electrons. The average Bonchev–Trinajstić information content (AvgIpc) is 3.37. The van der Waals surface area contributed by atoms with Crippen LogP contribution in [0.15, 0.2) is 18.7 Å². The average molecular weight is 616 g/mol. The van der Waals surface area contributed by atoms with E-state index in [0.29, 0.717) is 38.4 Å². The maximum absolute atomic E-state index is 14.5. The third-order valence-corrected chi connectivity index (χ3v) is 9.64. The minimum Gasteiger partial charge on any atom is -0.462 e. The molecule has 4 atom stereocenters. The Balaban J connectivity index is 1.58. The van der Waals surface area contributed by atoms with E-state index in [1.807, 2.05) is 20.8 Å². The van der Waals surface area contributed by atoms with Gasteiger partial charge in [-0.25, -0.2) is 4.98 Å². The van der Waals surface area contributed by atoms with E-state index in [-0.39, 0.29) is 59.3 Å². The highest BCUT2D eigenvalue weighted by Crippen LogP contribution is 2.47. The summed E-state index contributed by atoms with van der Waals surface area (Å²) in [6, 6.07) is 1.71. The highest BCUT2D eigenvalue weighted by molar-refractivity contribution is 5.87. The molecule has 2 aromatic rings. The smallest absolute Gasteiger partial charge is 0.418 e. The van der Waals surface area contributed by atoms with Crippen LogP contribution in [0.5, 0.6) is 6.01 Å². The van der Waals surface area contributed by atoms with Gasteiger partial charge in [-0.15, -0.1) is 0 Å². The van der Waals surface area contributed by atoms with Gasteiger partial charge in [-0.2, -0.15) is 23.1 Å². The van der Waals surface area contributed by atoms with E-state index in [1.54, 1.807) is 4.90 Å². The molecule has 0 saturated carbocycles. The zero-order chi connectivity index (χ0) is 31.9. The Bertz CT molecular complexity index is 1400. The topological polar surface area (TPSA) is 101 Å². The molecule has 12 heteroatoms. The number of hydrogen-bond acceptors (Lipinski definition) is 8. The summed E-state index contributed by atoms with van der Waals surface area (Å²) < 4.78 is 49.6. The first-order valence-electron chi connectivity index (χ1n) is 15.5. The van der Waals surface area contributed by atoms with Gasteiger partial charge >= 0.3 is 12.2 Å². The molecule has 2 aliphatic heterocycles. The number of halogens is 3. The van der Waals surface area contributed by atoms with Gasteiger partial charge in [0.2, 0.25) is 5.91 Å². The first kappa shape index (κ1) is 32.0. The maximum atomic E-state index is 14.5. The van der Waals surface area contributed by atoms with Crippen molar-refractivity contribution in [2.75, 3.05) is 50.5 Å². The zero-order valence-electron chi connectivity index (χ0n) is 26.3. The number of likely N-dealkylation sites (tertiary alicyclic amines) is 1. The highest BCUT2D eigenvalue weighted by atomic mass is 19.4. The lowest BCUT2D eigenvalue weighted by Gasteiger charge is -2.43. The van der Waals surface area contributed by atoms with Gasteiger partial charge in [0.25, 0.3) is 0 Å². The Labute approximate surface area is 257 Å². The molecule has 9 nitrogen and oxygen atoms in total. The molecule has 2 N–H and O–H groups in total. The van der Waals surface area contributed by atoms with E-state index in [2.05, 4.69) is 28.4 Å². The number of pyridine rings is 1. The highest BCUT2D eigenvalue weighted by Gasteiger charge is 2.44. The lowest BCUT2D eigenvalue weighted by atomic mass is 9.70. The van der Waals surface area contributed by atoms with Crippen molar-refractivity contribution in [1.82, 2.24) is 24.8 Å². The molecular formula is C32H44F3N7O2. The monoisotopic (exact) mass is 615 g/mol. The van der Waals surface area contributed by atoms with Gasteiger partial charge in [-0.3, -0.25) is 4.79 Å². The predicted octanol–water partition coefficient (Wildman–Crippen LogP) is 4.63. The van der Waals surface area contributed by atoms with Crippen LogP contribution in [0.4, 0.5) is 24.8 Å². The number of alkyl halides is 3. The number of nitrogen functional groups attached to an aromatic ring is 1. The number of hydrogen-bond donors (Lipinski definition) is 1. The predicted molar refractivity (Wildman–Crippen MR) is 164 cm³/mol. The molecule has 44 heavy (non-hydrogen) atoms. The van der Waals surface area contributed by atoms with E-state index in [1.165, 1.54) is 19.1 Å². The van der Waals surface area contributed by atoms with Crippen LogP contribution in [0.3, 0.4) is 0 Å². The van der Waals surface area contributed by atoms with Crippen LogP contribution in [0.1, 0.15) is 67.6 Å². The van der Waals surface area contributed by atoms with Gasteiger partial charge in [0.1, 0.15) is 18.2 Å².